The van der Waals surface area contributed by atoms with Gasteiger partial charge in [-0.1, -0.05) is 0 Å². The Balaban J connectivity index is 1.88. The van der Waals surface area contributed by atoms with Crippen molar-refractivity contribution in [1.29, 1.82) is 0 Å². The molecule has 1 aromatic rings. The molecule has 1 N–H and O–H groups in total. The Labute approximate surface area is 118 Å². The van der Waals surface area contributed by atoms with E-state index in [1.165, 1.54) is 0 Å². The number of hydrazine groups is 1. The molecule has 0 aromatic heterocycles. The average molecular weight is 276 g/mol. The fourth-order valence-corrected chi connectivity index (χ4v) is 2.17. The first-order valence-electron chi connectivity index (χ1n) is 7.00. The molecule has 0 radical (unpaired) electrons. The lowest BCUT2D eigenvalue weighted by Gasteiger charge is -2.17. The van der Waals surface area contributed by atoms with E-state index in [0.717, 1.165) is 25.2 Å². The zero-order chi connectivity index (χ0) is 14.4. The minimum Gasteiger partial charge on any atom is -0.466 e. The molecular formula is C15H20N2O3. The van der Waals surface area contributed by atoms with Gasteiger partial charge in [0.15, 0.2) is 5.78 Å². The summed E-state index contributed by atoms with van der Waals surface area (Å²) in [5.74, 6) is -0.349. The van der Waals surface area contributed by atoms with Gasteiger partial charge in [-0.15, -0.1) is 0 Å². The van der Waals surface area contributed by atoms with E-state index < -0.39 is 0 Å². The summed E-state index contributed by atoms with van der Waals surface area (Å²) in [5.41, 5.74) is 4.96. The fourth-order valence-electron chi connectivity index (χ4n) is 2.17. The molecule has 0 atom stereocenters. The third-order valence-corrected chi connectivity index (χ3v) is 3.22. The van der Waals surface area contributed by atoms with E-state index in [2.05, 4.69) is 10.4 Å². The lowest BCUT2D eigenvalue weighted by Crippen LogP contribution is -2.30. The van der Waals surface area contributed by atoms with Gasteiger partial charge in [-0.3, -0.25) is 9.59 Å². The largest absolute Gasteiger partial charge is 0.466 e. The number of nitrogens with zero attached hydrogens (tertiary/aromatic N) is 1. The van der Waals surface area contributed by atoms with E-state index in [1.54, 1.807) is 6.92 Å². The van der Waals surface area contributed by atoms with Gasteiger partial charge < -0.3 is 9.75 Å². The van der Waals surface area contributed by atoms with Gasteiger partial charge in [-0.25, -0.2) is 5.43 Å². The first kappa shape index (κ1) is 14.5. The topological polar surface area (TPSA) is 58.6 Å². The molecule has 0 saturated carbocycles. The molecule has 1 aliphatic heterocycles. The Morgan fingerprint density at radius 2 is 2.00 bits per heavy atom. The van der Waals surface area contributed by atoms with Crippen molar-refractivity contribution in [1.82, 2.24) is 5.43 Å². The first-order chi connectivity index (χ1) is 9.70. The number of esters is 1. The van der Waals surface area contributed by atoms with E-state index >= 15 is 0 Å². The summed E-state index contributed by atoms with van der Waals surface area (Å²) in [5, 5.41) is 2.08. The summed E-state index contributed by atoms with van der Waals surface area (Å²) in [6.45, 7) is 4.08. The Kier molecular flexibility index (Phi) is 5.12. The lowest BCUT2D eigenvalue weighted by molar-refractivity contribution is -0.143. The normalized spacial score (nSPS) is 14.3. The maximum absolute atomic E-state index is 11.9. The fraction of sp³-hybridized carbons (Fsp3) is 0.467. The molecule has 2 rings (SSSR count). The Hall–Kier alpha value is -1.88. The molecular weight excluding hydrogens is 256 g/mol. The van der Waals surface area contributed by atoms with Crippen LogP contribution in [0, 0.1) is 0 Å². The molecule has 0 bridgehead atoms. The molecule has 0 aliphatic carbocycles. The molecule has 1 heterocycles. The highest BCUT2D eigenvalue weighted by Gasteiger charge is 2.13. The highest BCUT2D eigenvalue weighted by Crippen LogP contribution is 2.17. The number of ether oxygens (including phenoxy) is 1. The number of benzene rings is 1. The Bertz CT molecular complexity index is 465. The Morgan fingerprint density at radius 1 is 1.25 bits per heavy atom. The van der Waals surface area contributed by atoms with Gasteiger partial charge in [0.1, 0.15) is 0 Å². The number of hydrogen-bond donors (Lipinski definition) is 1. The molecule has 20 heavy (non-hydrogen) atoms. The van der Waals surface area contributed by atoms with E-state index in [-0.39, 0.29) is 24.6 Å². The molecule has 1 saturated heterocycles. The number of anilines is 1. The molecule has 1 fully saturated rings. The Morgan fingerprint density at radius 3 is 2.60 bits per heavy atom. The molecule has 108 valence electrons. The van der Waals surface area contributed by atoms with Crippen LogP contribution in [0.25, 0.3) is 0 Å². The van der Waals surface area contributed by atoms with Crippen LogP contribution in [0.5, 0.6) is 0 Å². The molecule has 1 aliphatic rings. The maximum atomic E-state index is 11.9. The molecule has 0 amide bonds. The SMILES string of the molecule is CCOC(=O)CCC(=O)c1ccc(N2CCCN2)cc1. The zero-order valence-corrected chi connectivity index (χ0v) is 11.7. The van der Waals surface area contributed by atoms with Gasteiger partial charge in [0.05, 0.1) is 18.7 Å². The minimum absolute atomic E-state index is 0.0287. The summed E-state index contributed by atoms with van der Waals surface area (Å²) in [4.78, 5) is 23.2. The summed E-state index contributed by atoms with van der Waals surface area (Å²) < 4.78 is 4.81. The second kappa shape index (κ2) is 7.05. The van der Waals surface area contributed by atoms with Crippen molar-refractivity contribution < 1.29 is 14.3 Å². The van der Waals surface area contributed by atoms with E-state index in [0.29, 0.717) is 12.2 Å². The molecule has 1 aromatic carbocycles. The van der Waals surface area contributed by atoms with Gasteiger partial charge in [-0.2, -0.15) is 0 Å². The summed E-state index contributed by atoms with van der Waals surface area (Å²) >= 11 is 0. The number of nitrogens with one attached hydrogen (secondary N) is 1. The molecule has 5 heteroatoms. The zero-order valence-electron chi connectivity index (χ0n) is 11.7. The number of hydrogen-bond acceptors (Lipinski definition) is 5. The number of rotatable bonds is 6. The van der Waals surface area contributed by atoms with Crippen LogP contribution in [-0.4, -0.2) is 31.4 Å². The minimum atomic E-state index is -0.321. The highest BCUT2D eigenvalue weighted by atomic mass is 16.5. The van der Waals surface area contributed by atoms with Crippen LogP contribution in [0.3, 0.4) is 0 Å². The first-order valence-corrected chi connectivity index (χ1v) is 7.00. The van der Waals surface area contributed by atoms with Crippen molar-refractivity contribution in [2.75, 3.05) is 24.7 Å². The van der Waals surface area contributed by atoms with Crippen molar-refractivity contribution in [3.8, 4) is 0 Å². The number of Topliss-reactive ketones (excluding diaryl/α,β-unsaturated/α-hetero) is 1. The van der Waals surface area contributed by atoms with Crippen LogP contribution in [0.4, 0.5) is 5.69 Å². The van der Waals surface area contributed by atoms with Gasteiger partial charge in [0.2, 0.25) is 0 Å². The standard InChI is InChI=1S/C15H20N2O3/c1-2-20-15(19)9-8-14(18)12-4-6-13(7-5-12)17-11-3-10-16-17/h4-7,16H,2-3,8-11H2,1H3. The van der Waals surface area contributed by atoms with Crippen molar-refractivity contribution in [2.24, 2.45) is 0 Å². The second-order valence-electron chi connectivity index (χ2n) is 4.69. The van der Waals surface area contributed by atoms with Crippen molar-refractivity contribution in [2.45, 2.75) is 26.2 Å². The predicted octanol–water partition coefficient (Wildman–Crippen LogP) is 1.93. The molecule has 0 spiro atoms. The van der Waals surface area contributed by atoms with Crippen molar-refractivity contribution in [3.63, 3.8) is 0 Å². The quantitative estimate of drug-likeness (QED) is 0.635. The van der Waals surface area contributed by atoms with Crippen LogP contribution in [-0.2, 0) is 9.53 Å². The molecule has 5 nitrogen and oxygen atoms in total. The third-order valence-electron chi connectivity index (χ3n) is 3.22. The average Bonchev–Trinajstić information content (AvgIpc) is 2.99. The van der Waals surface area contributed by atoms with Crippen LogP contribution in [0.1, 0.15) is 36.5 Å². The molecule has 0 unspecified atom stereocenters. The summed E-state index contributed by atoms with van der Waals surface area (Å²) in [6.07, 6.45) is 1.46. The van der Waals surface area contributed by atoms with Gasteiger partial charge >= 0.3 is 5.97 Å². The summed E-state index contributed by atoms with van der Waals surface area (Å²) in [7, 11) is 0. The third kappa shape index (κ3) is 3.81. The van der Waals surface area contributed by atoms with Crippen LogP contribution < -0.4 is 10.4 Å². The smallest absolute Gasteiger partial charge is 0.306 e. The monoisotopic (exact) mass is 276 g/mol. The van der Waals surface area contributed by atoms with Gasteiger partial charge in [-0.05, 0) is 37.6 Å². The predicted molar refractivity (Wildman–Crippen MR) is 76.6 cm³/mol. The van der Waals surface area contributed by atoms with Crippen molar-refractivity contribution >= 4 is 17.4 Å². The van der Waals surface area contributed by atoms with Crippen molar-refractivity contribution in [3.05, 3.63) is 29.8 Å². The second-order valence-corrected chi connectivity index (χ2v) is 4.69. The van der Waals surface area contributed by atoms with E-state index in [4.69, 9.17) is 4.74 Å². The maximum Gasteiger partial charge on any atom is 0.306 e. The highest BCUT2D eigenvalue weighted by molar-refractivity contribution is 5.97. The van der Waals surface area contributed by atoms with Crippen LogP contribution in [0.2, 0.25) is 0 Å². The van der Waals surface area contributed by atoms with E-state index in [9.17, 15) is 9.59 Å². The van der Waals surface area contributed by atoms with Crippen LogP contribution >= 0.6 is 0 Å². The number of carbonyl (C=O) groups is 2. The van der Waals surface area contributed by atoms with Gasteiger partial charge in [0, 0.05) is 25.1 Å². The van der Waals surface area contributed by atoms with Crippen LogP contribution in [0.15, 0.2) is 24.3 Å². The summed E-state index contributed by atoms with van der Waals surface area (Å²) in [6, 6.07) is 7.47. The lowest BCUT2D eigenvalue weighted by atomic mass is 10.1. The number of ketones is 1. The van der Waals surface area contributed by atoms with E-state index in [1.807, 2.05) is 24.3 Å². The van der Waals surface area contributed by atoms with Gasteiger partial charge in [0.25, 0.3) is 0 Å². The number of carbonyl (C=O) groups excluding carboxylic acids is 2.